The summed E-state index contributed by atoms with van der Waals surface area (Å²) in [5.41, 5.74) is 30.1. The summed E-state index contributed by atoms with van der Waals surface area (Å²) in [4.78, 5) is 0. The third-order valence-electron chi connectivity index (χ3n) is 9.09. The average molecular weight is 673 g/mol. The summed E-state index contributed by atoms with van der Waals surface area (Å²) in [5, 5.41) is 86.0. The van der Waals surface area contributed by atoms with Gasteiger partial charge in [-0.1, -0.05) is 0 Å². The molecule has 0 aromatic rings. The van der Waals surface area contributed by atoms with Gasteiger partial charge in [0.15, 0.2) is 18.9 Å². The van der Waals surface area contributed by atoms with Gasteiger partial charge in [0.25, 0.3) is 0 Å². The maximum Gasteiger partial charge on any atom is 0.187 e. The van der Waals surface area contributed by atoms with Gasteiger partial charge >= 0.3 is 0 Å². The first-order valence-corrected chi connectivity index (χ1v) is 15.5. The maximum absolute atomic E-state index is 11.5. The molecule has 4 rings (SSSR count). The predicted octanol–water partition coefficient (Wildman–Crippen LogP) is -8.88. The normalized spacial score (nSPS) is 48.7. The Balaban J connectivity index is 1.55. The lowest BCUT2D eigenvalue weighted by Gasteiger charge is -2.47. The SMILES string of the molecule is NC[C@@H]1C[C@@H](O)[C@@H](N)[C@@H](O[C@H]2[C@H](O[C@@H]3O[C@H](CO)[C@@H](O[C@H]4O[C@@H](CN)[C@@H](O)[C@H](O)[C@H]4N)[C@H]3O)[C@@H](O)[C@H](NC(CO)CO)C[C@@H]2N)O1. The van der Waals surface area contributed by atoms with Gasteiger partial charge in [-0.15, -0.1) is 0 Å². The molecule has 46 heavy (non-hydrogen) atoms. The third-order valence-corrected chi connectivity index (χ3v) is 9.09. The molecule has 18 atom stereocenters. The van der Waals surface area contributed by atoms with Crippen molar-refractivity contribution in [3.63, 3.8) is 0 Å². The van der Waals surface area contributed by atoms with Crippen LogP contribution in [0.4, 0.5) is 0 Å². The van der Waals surface area contributed by atoms with Crippen molar-refractivity contribution in [3.05, 3.63) is 0 Å². The van der Waals surface area contributed by atoms with E-state index in [2.05, 4.69) is 5.32 Å². The molecule has 1 aliphatic carbocycles. The number of ether oxygens (including phenoxy) is 6. The highest BCUT2D eigenvalue weighted by Gasteiger charge is 2.54. The highest BCUT2D eigenvalue weighted by Crippen LogP contribution is 2.34. The summed E-state index contributed by atoms with van der Waals surface area (Å²) in [6.07, 6.45) is -17.6. The van der Waals surface area contributed by atoms with E-state index in [1.165, 1.54) is 0 Å². The van der Waals surface area contributed by atoms with Crippen LogP contribution in [0.1, 0.15) is 12.8 Å². The van der Waals surface area contributed by atoms with Crippen molar-refractivity contribution in [2.45, 2.75) is 129 Å². The van der Waals surface area contributed by atoms with Crippen molar-refractivity contribution in [2.24, 2.45) is 28.7 Å². The van der Waals surface area contributed by atoms with Gasteiger partial charge in [-0.25, -0.2) is 0 Å². The van der Waals surface area contributed by atoms with Crippen LogP contribution < -0.4 is 34.0 Å². The number of aliphatic hydroxyl groups is 8. The van der Waals surface area contributed by atoms with Crippen LogP contribution in [-0.2, 0) is 28.4 Å². The number of nitrogens with two attached hydrogens (primary N) is 5. The first-order valence-electron chi connectivity index (χ1n) is 15.5. The van der Waals surface area contributed by atoms with Crippen LogP contribution in [-0.4, -0.2) is 190 Å². The van der Waals surface area contributed by atoms with Crippen LogP contribution >= 0.6 is 0 Å². The van der Waals surface area contributed by atoms with Crippen LogP contribution in [0.15, 0.2) is 0 Å². The summed E-state index contributed by atoms with van der Waals surface area (Å²) in [5.74, 6) is 0. The largest absolute Gasteiger partial charge is 0.395 e. The van der Waals surface area contributed by atoms with Crippen molar-refractivity contribution in [1.82, 2.24) is 5.32 Å². The molecule has 3 heterocycles. The van der Waals surface area contributed by atoms with Crippen molar-refractivity contribution >= 4 is 0 Å². The second-order valence-electron chi connectivity index (χ2n) is 12.3. The smallest absolute Gasteiger partial charge is 0.187 e. The molecule has 0 unspecified atom stereocenters. The Morgan fingerprint density at radius 1 is 0.652 bits per heavy atom. The number of rotatable bonds is 13. The molecule has 0 amide bonds. The van der Waals surface area contributed by atoms with Gasteiger partial charge in [-0.05, 0) is 6.42 Å². The minimum Gasteiger partial charge on any atom is -0.395 e. The van der Waals surface area contributed by atoms with Gasteiger partial charge < -0.3 is 103 Å². The molecule has 0 aromatic heterocycles. The molecule has 20 nitrogen and oxygen atoms in total. The quantitative estimate of drug-likeness (QED) is 0.0863. The van der Waals surface area contributed by atoms with Crippen LogP contribution in [0.25, 0.3) is 0 Å². The van der Waals surface area contributed by atoms with Crippen molar-refractivity contribution in [1.29, 1.82) is 0 Å². The van der Waals surface area contributed by atoms with Crippen LogP contribution in [0.5, 0.6) is 0 Å². The number of hydrogen-bond acceptors (Lipinski definition) is 20. The van der Waals surface area contributed by atoms with E-state index in [1.807, 2.05) is 0 Å². The lowest BCUT2D eigenvalue weighted by molar-refractivity contribution is -0.296. The average Bonchev–Trinajstić information content (AvgIpc) is 3.34. The Morgan fingerprint density at radius 3 is 1.87 bits per heavy atom. The van der Waals surface area contributed by atoms with Gasteiger partial charge in [-0.3, -0.25) is 0 Å². The Hall–Kier alpha value is -0.800. The first kappa shape index (κ1) is 38.0. The fourth-order valence-electron chi connectivity index (χ4n) is 6.29. The van der Waals surface area contributed by atoms with Crippen molar-refractivity contribution in [2.75, 3.05) is 32.9 Å². The molecule has 0 spiro atoms. The standard InChI is InChI=1S/C26H52N6O14/c27-3-9-1-12(36)15(30)24(41-9)44-21-10(29)2-11(32-8(5-33)6-34)17(37)23(21)46-26-20(40)22(14(7-35)43-26)45-25-16(31)19(39)18(38)13(4-28)42-25/h8-26,32-40H,1-7,27-31H2/t9-,10-,11+,12+,13-,14+,15+,16+,17-,18+,19+,20+,21+,22+,23+,24+,25+,26-/m0/s1. The minimum atomic E-state index is -1.63. The summed E-state index contributed by atoms with van der Waals surface area (Å²) in [7, 11) is 0. The first-order chi connectivity index (χ1) is 21.9. The molecule has 4 aliphatic rings. The zero-order valence-corrected chi connectivity index (χ0v) is 25.3. The monoisotopic (exact) mass is 672 g/mol. The van der Waals surface area contributed by atoms with Crippen LogP contribution in [0, 0.1) is 0 Å². The molecule has 0 bridgehead atoms. The molecule has 20 heteroatoms. The van der Waals surface area contributed by atoms with Crippen molar-refractivity contribution in [3.8, 4) is 0 Å². The topological polar surface area (TPSA) is 359 Å². The second-order valence-corrected chi connectivity index (χ2v) is 12.3. The molecule has 1 saturated carbocycles. The van der Waals surface area contributed by atoms with E-state index in [9.17, 15) is 40.9 Å². The van der Waals surface area contributed by atoms with E-state index in [1.54, 1.807) is 0 Å². The van der Waals surface area contributed by atoms with E-state index in [-0.39, 0.29) is 25.9 Å². The maximum atomic E-state index is 11.5. The Bertz CT molecular complexity index is 930. The Kier molecular flexibility index (Phi) is 13.8. The van der Waals surface area contributed by atoms with E-state index < -0.39 is 136 Å². The zero-order chi connectivity index (χ0) is 33.9. The molecule has 0 radical (unpaired) electrons. The predicted molar refractivity (Wildman–Crippen MR) is 154 cm³/mol. The summed E-state index contributed by atoms with van der Waals surface area (Å²) in [6.45, 7) is -1.67. The molecular weight excluding hydrogens is 620 g/mol. The number of aliphatic hydroxyl groups excluding tert-OH is 8. The van der Waals surface area contributed by atoms with Gasteiger partial charge in [0.05, 0.1) is 56.3 Å². The lowest BCUT2D eigenvalue weighted by Crippen LogP contribution is -2.68. The highest BCUT2D eigenvalue weighted by atomic mass is 16.8. The minimum absolute atomic E-state index is 0.0689. The second kappa shape index (κ2) is 16.7. The van der Waals surface area contributed by atoms with Gasteiger partial charge in [0.1, 0.15) is 48.8 Å². The Morgan fingerprint density at radius 2 is 1.26 bits per heavy atom. The molecule has 19 N–H and O–H groups in total. The summed E-state index contributed by atoms with van der Waals surface area (Å²) in [6, 6.07) is -4.81. The van der Waals surface area contributed by atoms with Gasteiger partial charge in [-0.2, -0.15) is 0 Å². The zero-order valence-electron chi connectivity index (χ0n) is 25.3. The van der Waals surface area contributed by atoms with E-state index in [0.717, 1.165) is 0 Å². The molecule has 4 fully saturated rings. The van der Waals surface area contributed by atoms with Gasteiger partial charge in [0, 0.05) is 31.6 Å². The lowest BCUT2D eigenvalue weighted by atomic mass is 9.83. The van der Waals surface area contributed by atoms with E-state index in [4.69, 9.17) is 57.1 Å². The molecule has 0 aromatic carbocycles. The molecule has 270 valence electrons. The van der Waals surface area contributed by atoms with E-state index >= 15 is 0 Å². The fourth-order valence-corrected chi connectivity index (χ4v) is 6.29. The highest BCUT2D eigenvalue weighted by molar-refractivity contribution is 5.03. The molecule has 3 aliphatic heterocycles. The summed E-state index contributed by atoms with van der Waals surface area (Å²) >= 11 is 0. The van der Waals surface area contributed by atoms with Crippen LogP contribution in [0.3, 0.4) is 0 Å². The fraction of sp³-hybridized carbons (Fsp3) is 1.00. The molecule has 3 saturated heterocycles. The number of hydrogen-bond donors (Lipinski definition) is 14. The van der Waals surface area contributed by atoms with Crippen molar-refractivity contribution < 1.29 is 69.3 Å². The Labute approximate surface area is 265 Å². The van der Waals surface area contributed by atoms with Gasteiger partial charge in [0.2, 0.25) is 0 Å². The third kappa shape index (κ3) is 8.14. The summed E-state index contributed by atoms with van der Waals surface area (Å²) < 4.78 is 35.3. The van der Waals surface area contributed by atoms with E-state index in [0.29, 0.717) is 0 Å². The number of nitrogens with one attached hydrogen (secondary N) is 1. The molecular formula is C26H52N6O14. The van der Waals surface area contributed by atoms with Crippen LogP contribution in [0.2, 0.25) is 0 Å².